The molecule has 1 rings (SSSR count). The fourth-order valence-corrected chi connectivity index (χ4v) is 1.41. The van der Waals surface area contributed by atoms with E-state index in [1.807, 2.05) is 0 Å². The fraction of sp³-hybridized carbons (Fsp3) is 0.111. The number of carboxylic acids is 1. The van der Waals surface area contributed by atoms with E-state index in [1.165, 1.54) is 18.2 Å². The summed E-state index contributed by atoms with van der Waals surface area (Å²) in [4.78, 5) is 21.3. The maximum Gasteiger partial charge on any atom is 0.377 e. The number of ketones is 1. The van der Waals surface area contributed by atoms with Crippen LogP contribution >= 0.6 is 15.9 Å². The van der Waals surface area contributed by atoms with Gasteiger partial charge in [0.1, 0.15) is 6.67 Å². The van der Waals surface area contributed by atoms with Gasteiger partial charge >= 0.3 is 5.97 Å². The Balaban J connectivity index is 3.09. The summed E-state index contributed by atoms with van der Waals surface area (Å²) >= 11 is 3.04. The van der Waals surface area contributed by atoms with Crippen molar-refractivity contribution in [3.05, 3.63) is 33.8 Å². The Hall–Kier alpha value is -1.23. The molecule has 0 spiro atoms. The lowest BCUT2D eigenvalue weighted by Crippen LogP contribution is -2.12. The third-order valence-corrected chi connectivity index (χ3v) is 2.39. The van der Waals surface area contributed by atoms with E-state index in [0.29, 0.717) is 10.0 Å². The summed E-state index contributed by atoms with van der Waals surface area (Å²) in [6.07, 6.45) is 0. The molecule has 14 heavy (non-hydrogen) atoms. The monoisotopic (exact) mass is 260 g/mol. The molecule has 0 saturated heterocycles. The number of carboxylic acid groups (broad SMARTS) is 1. The molecule has 5 heteroatoms. The molecule has 3 nitrogen and oxygen atoms in total. The molecule has 0 aliphatic heterocycles. The summed E-state index contributed by atoms with van der Waals surface area (Å²) in [6.45, 7) is -0.665. The van der Waals surface area contributed by atoms with E-state index in [0.717, 1.165) is 0 Å². The van der Waals surface area contributed by atoms with Crippen LogP contribution < -0.4 is 0 Å². The van der Waals surface area contributed by atoms with Crippen LogP contribution in [0.2, 0.25) is 0 Å². The summed E-state index contributed by atoms with van der Waals surface area (Å²) in [7, 11) is 0. The third kappa shape index (κ3) is 2.17. The van der Waals surface area contributed by atoms with Gasteiger partial charge in [-0.15, -0.1) is 0 Å². The number of halogens is 2. The van der Waals surface area contributed by atoms with Crippen molar-refractivity contribution in [2.45, 2.75) is 6.67 Å². The average molecular weight is 261 g/mol. The predicted octanol–water partition coefficient (Wildman–Crippen LogP) is 2.19. The van der Waals surface area contributed by atoms with Crippen molar-refractivity contribution in [3.8, 4) is 0 Å². The zero-order valence-corrected chi connectivity index (χ0v) is 8.54. The summed E-state index contributed by atoms with van der Waals surface area (Å²) in [5.74, 6) is -2.53. The SMILES string of the molecule is O=C(O)C(=O)c1ccc(CF)c(Br)c1. The molecule has 0 bridgehead atoms. The van der Waals surface area contributed by atoms with Crippen molar-refractivity contribution in [1.29, 1.82) is 0 Å². The Morgan fingerprint density at radius 2 is 2.07 bits per heavy atom. The highest BCUT2D eigenvalue weighted by Crippen LogP contribution is 2.19. The van der Waals surface area contributed by atoms with Gasteiger partial charge in [0.15, 0.2) is 0 Å². The van der Waals surface area contributed by atoms with E-state index in [-0.39, 0.29) is 5.56 Å². The van der Waals surface area contributed by atoms with Gasteiger partial charge in [-0.3, -0.25) is 4.79 Å². The molecule has 0 aromatic heterocycles. The third-order valence-electron chi connectivity index (χ3n) is 1.65. The fourth-order valence-electron chi connectivity index (χ4n) is 0.920. The molecule has 0 saturated carbocycles. The molecule has 0 fully saturated rings. The van der Waals surface area contributed by atoms with E-state index in [2.05, 4.69) is 15.9 Å². The zero-order valence-electron chi connectivity index (χ0n) is 6.96. The van der Waals surface area contributed by atoms with Crippen LogP contribution in [0.25, 0.3) is 0 Å². The first-order valence-electron chi connectivity index (χ1n) is 3.68. The lowest BCUT2D eigenvalue weighted by atomic mass is 10.1. The lowest BCUT2D eigenvalue weighted by molar-refractivity contribution is -0.131. The van der Waals surface area contributed by atoms with Gasteiger partial charge in [-0.25, -0.2) is 9.18 Å². The minimum Gasteiger partial charge on any atom is -0.475 e. The minimum absolute atomic E-state index is 0.0292. The van der Waals surface area contributed by atoms with E-state index < -0.39 is 18.4 Å². The molecule has 0 aliphatic carbocycles. The topological polar surface area (TPSA) is 54.4 Å². The Labute approximate surface area is 87.7 Å². The molecule has 1 aromatic carbocycles. The Kier molecular flexibility index (Phi) is 3.35. The first kappa shape index (κ1) is 10.8. The Bertz CT molecular complexity index is 390. The molecule has 0 atom stereocenters. The number of Topliss-reactive ketones (excluding diaryl/α,β-unsaturated/α-hetero) is 1. The summed E-state index contributed by atoms with van der Waals surface area (Å²) in [6, 6.07) is 3.96. The molecular weight excluding hydrogens is 255 g/mol. The van der Waals surface area contributed by atoms with Gasteiger partial charge in [0, 0.05) is 10.0 Å². The van der Waals surface area contributed by atoms with Gasteiger partial charge < -0.3 is 5.11 Å². The number of hydrogen-bond acceptors (Lipinski definition) is 2. The van der Waals surface area contributed by atoms with E-state index in [9.17, 15) is 14.0 Å². The molecule has 0 radical (unpaired) electrons. The van der Waals surface area contributed by atoms with Crippen molar-refractivity contribution in [3.63, 3.8) is 0 Å². The highest BCUT2D eigenvalue weighted by molar-refractivity contribution is 9.10. The average Bonchev–Trinajstić information content (AvgIpc) is 2.16. The van der Waals surface area contributed by atoms with E-state index in [1.54, 1.807) is 0 Å². The highest BCUT2D eigenvalue weighted by Gasteiger charge is 2.15. The Morgan fingerprint density at radius 1 is 1.43 bits per heavy atom. The van der Waals surface area contributed by atoms with Crippen molar-refractivity contribution in [1.82, 2.24) is 0 Å². The standard InChI is InChI=1S/C9H6BrFO3/c10-7-3-5(8(12)9(13)14)1-2-6(7)4-11/h1-3H,4H2,(H,13,14). The molecular formula is C9H6BrFO3. The number of alkyl halides is 1. The second-order valence-corrected chi connectivity index (χ2v) is 3.43. The van der Waals surface area contributed by atoms with E-state index >= 15 is 0 Å². The van der Waals surface area contributed by atoms with Crippen molar-refractivity contribution < 1.29 is 19.1 Å². The van der Waals surface area contributed by atoms with Crippen LogP contribution in [0.15, 0.2) is 22.7 Å². The van der Waals surface area contributed by atoms with Crippen LogP contribution in [0.1, 0.15) is 15.9 Å². The van der Waals surface area contributed by atoms with Gasteiger partial charge in [-0.1, -0.05) is 28.1 Å². The van der Waals surface area contributed by atoms with Gasteiger partial charge in [-0.05, 0) is 11.6 Å². The van der Waals surface area contributed by atoms with Crippen LogP contribution in [0.4, 0.5) is 4.39 Å². The maximum atomic E-state index is 12.2. The lowest BCUT2D eigenvalue weighted by Gasteiger charge is -2.01. The number of carbonyl (C=O) groups is 2. The second-order valence-electron chi connectivity index (χ2n) is 2.57. The minimum atomic E-state index is -1.52. The molecule has 1 aromatic rings. The van der Waals surface area contributed by atoms with Crippen LogP contribution in [-0.4, -0.2) is 16.9 Å². The van der Waals surface area contributed by atoms with Gasteiger partial charge in [0.05, 0.1) is 0 Å². The number of hydrogen-bond donors (Lipinski definition) is 1. The van der Waals surface area contributed by atoms with Crippen molar-refractivity contribution in [2.24, 2.45) is 0 Å². The van der Waals surface area contributed by atoms with Crippen molar-refractivity contribution >= 4 is 27.7 Å². The molecule has 0 amide bonds. The predicted molar refractivity (Wildman–Crippen MR) is 50.9 cm³/mol. The molecule has 74 valence electrons. The number of benzene rings is 1. The molecule has 0 unspecified atom stereocenters. The van der Waals surface area contributed by atoms with Gasteiger partial charge in [0.2, 0.25) is 0 Å². The number of aliphatic carboxylic acids is 1. The number of rotatable bonds is 3. The number of carbonyl (C=O) groups excluding carboxylic acids is 1. The molecule has 0 heterocycles. The van der Waals surface area contributed by atoms with Crippen LogP contribution in [-0.2, 0) is 11.5 Å². The van der Waals surface area contributed by atoms with E-state index in [4.69, 9.17) is 5.11 Å². The molecule has 1 N–H and O–H groups in total. The van der Waals surface area contributed by atoms with Gasteiger partial charge in [0.25, 0.3) is 5.78 Å². The van der Waals surface area contributed by atoms with Crippen molar-refractivity contribution in [2.75, 3.05) is 0 Å². The van der Waals surface area contributed by atoms with Crippen LogP contribution in [0.3, 0.4) is 0 Å². The maximum absolute atomic E-state index is 12.2. The molecule has 0 aliphatic rings. The smallest absolute Gasteiger partial charge is 0.377 e. The van der Waals surface area contributed by atoms with Crippen LogP contribution in [0, 0.1) is 0 Å². The first-order chi connectivity index (χ1) is 6.56. The largest absolute Gasteiger partial charge is 0.475 e. The summed E-state index contributed by atoms with van der Waals surface area (Å²) < 4.78 is 12.6. The van der Waals surface area contributed by atoms with Crippen LogP contribution in [0.5, 0.6) is 0 Å². The quantitative estimate of drug-likeness (QED) is 0.670. The zero-order chi connectivity index (χ0) is 10.7. The van der Waals surface area contributed by atoms with Gasteiger partial charge in [-0.2, -0.15) is 0 Å². The summed E-state index contributed by atoms with van der Waals surface area (Å²) in [5.41, 5.74) is 0.411. The summed E-state index contributed by atoms with van der Waals surface area (Å²) in [5, 5.41) is 8.41. The first-order valence-corrected chi connectivity index (χ1v) is 4.47. The second kappa shape index (κ2) is 4.32. The Morgan fingerprint density at radius 3 is 2.50 bits per heavy atom. The highest BCUT2D eigenvalue weighted by atomic mass is 79.9. The normalized spacial score (nSPS) is 9.86.